The van der Waals surface area contributed by atoms with E-state index in [1.54, 1.807) is 30.9 Å². The molecule has 180 valence electrons. The molecule has 2 N–H and O–H groups in total. The first-order valence-corrected chi connectivity index (χ1v) is 10.9. The highest BCUT2D eigenvalue weighted by Crippen LogP contribution is 2.28. The predicted molar refractivity (Wildman–Crippen MR) is 139 cm³/mol. The summed E-state index contributed by atoms with van der Waals surface area (Å²) >= 11 is 0. The van der Waals surface area contributed by atoms with Crippen LogP contribution < -0.4 is 10.6 Å². The second-order valence-electron chi connectivity index (χ2n) is 8.98. The molecule has 0 spiro atoms. The largest absolute Gasteiger partial charge is 0.444 e. The van der Waals surface area contributed by atoms with Crippen LogP contribution in [0.25, 0.3) is 0 Å². The number of guanidine groups is 1. The molecule has 1 aliphatic rings. The van der Waals surface area contributed by atoms with Crippen molar-refractivity contribution in [1.82, 2.24) is 20.4 Å². The van der Waals surface area contributed by atoms with Gasteiger partial charge < -0.3 is 25.2 Å². The Kier molecular flexibility index (Phi) is 11.2. The van der Waals surface area contributed by atoms with E-state index in [2.05, 4.69) is 15.6 Å². The maximum Gasteiger partial charge on any atom is 0.410 e. The van der Waals surface area contributed by atoms with Crippen molar-refractivity contribution in [3.63, 3.8) is 0 Å². The van der Waals surface area contributed by atoms with Crippen LogP contribution in [-0.4, -0.2) is 80.2 Å². The van der Waals surface area contributed by atoms with Crippen LogP contribution in [0.5, 0.6) is 0 Å². The molecule has 0 aliphatic heterocycles. The van der Waals surface area contributed by atoms with E-state index in [1.807, 2.05) is 45.0 Å². The molecule has 8 nitrogen and oxygen atoms in total. The van der Waals surface area contributed by atoms with Crippen molar-refractivity contribution < 1.29 is 14.3 Å². The van der Waals surface area contributed by atoms with Crippen LogP contribution in [0.3, 0.4) is 0 Å². The highest BCUT2D eigenvalue weighted by atomic mass is 127. The monoisotopic (exact) mass is 559 g/mol. The zero-order chi connectivity index (χ0) is 23.0. The molecule has 0 bridgehead atoms. The van der Waals surface area contributed by atoms with Gasteiger partial charge in [0.25, 0.3) is 5.91 Å². The number of rotatable bonds is 8. The van der Waals surface area contributed by atoms with E-state index in [0.29, 0.717) is 31.2 Å². The smallest absolute Gasteiger partial charge is 0.410 e. The van der Waals surface area contributed by atoms with E-state index in [4.69, 9.17) is 4.74 Å². The normalized spacial score (nSPS) is 13.6. The zero-order valence-corrected chi connectivity index (χ0v) is 22.4. The third kappa shape index (κ3) is 9.62. The summed E-state index contributed by atoms with van der Waals surface area (Å²) in [6, 6.07) is 7.95. The Bertz CT molecular complexity index is 788. The van der Waals surface area contributed by atoms with Crippen molar-refractivity contribution in [2.24, 2.45) is 4.99 Å². The van der Waals surface area contributed by atoms with Crippen molar-refractivity contribution >= 4 is 41.9 Å². The lowest BCUT2D eigenvalue weighted by Crippen LogP contribution is -2.45. The summed E-state index contributed by atoms with van der Waals surface area (Å²) in [7, 11) is 5.22. The second kappa shape index (κ2) is 12.9. The quantitative estimate of drug-likeness (QED) is 0.291. The lowest BCUT2D eigenvalue weighted by atomic mass is 10.1. The summed E-state index contributed by atoms with van der Waals surface area (Å²) in [6.07, 6.45) is 2.57. The molecule has 2 rings (SSSR count). The molecule has 0 aromatic heterocycles. The summed E-state index contributed by atoms with van der Waals surface area (Å²) in [5.74, 6) is 0.679. The SMILES string of the molecule is CN=C(NCCc1cccc(C(=O)N(C)C)c1)NCCN(C(=O)OC(C)(C)C)C1CC1.I. The van der Waals surface area contributed by atoms with Crippen LogP contribution in [0, 0.1) is 0 Å². The van der Waals surface area contributed by atoms with Gasteiger partial charge in [0.1, 0.15) is 5.60 Å². The highest BCUT2D eigenvalue weighted by molar-refractivity contribution is 14.0. The minimum atomic E-state index is -0.496. The van der Waals surface area contributed by atoms with Gasteiger partial charge in [0.05, 0.1) is 0 Å². The lowest BCUT2D eigenvalue weighted by Gasteiger charge is -2.27. The first-order chi connectivity index (χ1) is 14.6. The molecule has 2 amide bonds. The van der Waals surface area contributed by atoms with E-state index < -0.39 is 5.60 Å². The van der Waals surface area contributed by atoms with Crippen molar-refractivity contribution in [3.05, 3.63) is 35.4 Å². The first kappa shape index (κ1) is 28.0. The fourth-order valence-electron chi connectivity index (χ4n) is 3.09. The molecule has 1 aliphatic carbocycles. The van der Waals surface area contributed by atoms with E-state index in [-0.39, 0.29) is 42.0 Å². The number of carbonyl (C=O) groups is 2. The number of aliphatic imine (C=N–C) groups is 1. The Balaban J connectivity index is 0.00000512. The lowest BCUT2D eigenvalue weighted by molar-refractivity contribution is 0.0237. The van der Waals surface area contributed by atoms with Gasteiger partial charge in [-0.1, -0.05) is 12.1 Å². The van der Waals surface area contributed by atoms with Crippen LogP contribution in [0.1, 0.15) is 49.5 Å². The summed E-state index contributed by atoms with van der Waals surface area (Å²) in [5, 5.41) is 6.54. The molecular formula is C23H38IN5O3. The number of carbonyl (C=O) groups excluding carboxylic acids is 2. The Hall–Kier alpha value is -2.04. The Labute approximate surface area is 209 Å². The van der Waals surface area contributed by atoms with E-state index in [0.717, 1.165) is 24.8 Å². The molecule has 1 saturated carbocycles. The van der Waals surface area contributed by atoms with Crippen LogP contribution in [0.4, 0.5) is 4.79 Å². The molecule has 32 heavy (non-hydrogen) atoms. The van der Waals surface area contributed by atoms with Gasteiger partial charge in [-0.3, -0.25) is 9.79 Å². The van der Waals surface area contributed by atoms with E-state index >= 15 is 0 Å². The maximum atomic E-state index is 12.4. The number of benzene rings is 1. The summed E-state index contributed by atoms with van der Waals surface area (Å²) in [6.45, 7) is 7.47. The van der Waals surface area contributed by atoms with Gasteiger partial charge in [0.2, 0.25) is 0 Å². The maximum absolute atomic E-state index is 12.4. The van der Waals surface area contributed by atoms with Crippen LogP contribution in [0.2, 0.25) is 0 Å². The average molecular weight is 559 g/mol. The van der Waals surface area contributed by atoms with E-state index in [9.17, 15) is 9.59 Å². The molecule has 0 heterocycles. The fourth-order valence-corrected chi connectivity index (χ4v) is 3.09. The van der Waals surface area contributed by atoms with E-state index in [1.165, 1.54) is 0 Å². The van der Waals surface area contributed by atoms with Crippen molar-refractivity contribution in [3.8, 4) is 0 Å². The van der Waals surface area contributed by atoms with Gasteiger partial charge in [-0.05, 0) is 57.7 Å². The number of ether oxygens (including phenoxy) is 1. The van der Waals surface area contributed by atoms with Gasteiger partial charge in [-0.25, -0.2) is 4.79 Å². The number of nitrogens with one attached hydrogen (secondary N) is 2. The Morgan fingerprint density at radius 2 is 1.81 bits per heavy atom. The zero-order valence-electron chi connectivity index (χ0n) is 20.1. The number of halogens is 1. The van der Waals surface area contributed by atoms with Gasteiger partial charge in [0.15, 0.2) is 5.96 Å². The minimum absolute atomic E-state index is 0. The topological polar surface area (TPSA) is 86.3 Å². The third-order valence-electron chi connectivity index (χ3n) is 4.77. The number of hydrogen-bond donors (Lipinski definition) is 2. The molecule has 0 atom stereocenters. The average Bonchev–Trinajstić information content (AvgIpc) is 3.53. The Morgan fingerprint density at radius 3 is 2.38 bits per heavy atom. The van der Waals surface area contributed by atoms with Crippen LogP contribution in [0.15, 0.2) is 29.3 Å². The number of hydrogen-bond acceptors (Lipinski definition) is 4. The van der Waals surface area contributed by atoms with Gasteiger partial charge >= 0.3 is 6.09 Å². The Morgan fingerprint density at radius 1 is 1.16 bits per heavy atom. The standard InChI is InChI=1S/C23H37N5O3.HI/c1-23(2,3)31-22(30)28(19-10-11-19)15-14-26-21(24-4)25-13-12-17-8-7-9-18(16-17)20(29)27(5)6;/h7-9,16,19H,10-15H2,1-6H3,(H2,24,25,26);1H. The summed E-state index contributed by atoms with van der Waals surface area (Å²) in [4.78, 5) is 32.2. The van der Waals surface area contributed by atoms with Crippen LogP contribution in [-0.2, 0) is 11.2 Å². The molecule has 1 fully saturated rings. The predicted octanol–water partition coefficient (Wildman–Crippen LogP) is 3.11. The summed E-state index contributed by atoms with van der Waals surface area (Å²) in [5.41, 5.74) is 1.27. The third-order valence-corrected chi connectivity index (χ3v) is 4.77. The molecule has 1 aromatic rings. The molecule has 0 radical (unpaired) electrons. The van der Waals surface area contributed by atoms with Gasteiger partial charge in [0, 0.05) is 52.4 Å². The van der Waals surface area contributed by atoms with Gasteiger partial charge in [-0.2, -0.15) is 0 Å². The number of nitrogens with zero attached hydrogens (tertiary/aromatic N) is 3. The van der Waals surface area contributed by atoms with Crippen molar-refractivity contribution in [2.75, 3.05) is 40.8 Å². The molecule has 0 unspecified atom stereocenters. The summed E-state index contributed by atoms with van der Waals surface area (Å²) < 4.78 is 5.53. The molecule has 1 aromatic carbocycles. The number of amides is 2. The molecule has 9 heteroatoms. The second-order valence-corrected chi connectivity index (χ2v) is 8.98. The van der Waals surface area contributed by atoms with Crippen LogP contribution >= 0.6 is 24.0 Å². The van der Waals surface area contributed by atoms with Gasteiger partial charge in [-0.15, -0.1) is 24.0 Å². The highest BCUT2D eigenvalue weighted by Gasteiger charge is 2.34. The van der Waals surface area contributed by atoms with Crippen molar-refractivity contribution in [1.29, 1.82) is 0 Å². The minimum Gasteiger partial charge on any atom is -0.444 e. The fraction of sp³-hybridized carbons (Fsp3) is 0.609. The molecule has 0 saturated heterocycles. The first-order valence-electron chi connectivity index (χ1n) is 10.9. The van der Waals surface area contributed by atoms with Crippen molar-refractivity contribution in [2.45, 2.75) is 51.7 Å². The molecular weight excluding hydrogens is 521 g/mol.